The van der Waals surface area contributed by atoms with Gasteiger partial charge in [0, 0.05) is 19.2 Å². The topological polar surface area (TPSA) is 75.5 Å². The van der Waals surface area contributed by atoms with Crippen molar-refractivity contribution in [1.82, 2.24) is 5.32 Å². The summed E-state index contributed by atoms with van der Waals surface area (Å²) in [6, 6.07) is 10.9. The maximum absolute atomic E-state index is 13.0. The van der Waals surface area contributed by atoms with Gasteiger partial charge in [-0.15, -0.1) is 0 Å². The van der Waals surface area contributed by atoms with E-state index in [0.717, 1.165) is 17.7 Å². The van der Waals surface area contributed by atoms with Crippen LogP contribution in [0.4, 0.5) is 24.5 Å². The lowest BCUT2D eigenvalue weighted by atomic mass is 10.0. The predicted octanol–water partition coefficient (Wildman–Crippen LogP) is 3.68. The molecular weight excluding hydrogens is 363 g/mol. The van der Waals surface area contributed by atoms with E-state index in [-0.39, 0.29) is 31.1 Å². The van der Waals surface area contributed by atoms with Crippen LogP contribution in [-0.4, -0.2) is 23.9 Å². The van der Waals surface area contributed by atoms with Gasteiger partial charge in [0.05, 0.1) is 22.9 Å². The highest BCUT2D eigenvalue weighted by atomic mass is 19.4. The van der Waals surface area contributed by atoms with Crippen LogP contribution >= 0.6 is 0 Å². The quantitative estimate of drug-likeness (QED) is 0.652. The monoisotopic (exact) mass is 379 g/mol. The van der Waals surface area contributed by atoms with E-state index in [9.17, 15) is 28.1 Å². The molecule has 2 aromatic carbocycles. The van der Waals surface area contributed by atoms with Crippen LogP contribution in [0.5, 0.6) is 0 Å². The van der Waals surface area contributed by atoms with Crippen molar-refractivity contribution < 1.29 is 22.9 Å². The van der Waals surface area contributed by atoms with Crippen LogP contribution in [0.2, 0.25) is 0 Å². The third-order valence-electron chi connectivity index (χ3n) is 4.42. The molecule has 0 aromatic heterocycles. The average Bonchev–Trinajstić information content (AvgIpc) is 2.82. The number of carbonyl (C=O) groups is 1. The average molecular weight is 379 g/mol. The van der Waals surface area contributed by atoms with Gasteiger partial charge in [0.15, 0.2) is 0 Å². The third-order valence-corrected chi connectivity index (χ3v) is 4.42. The van der Waals surface area contributed by atoms with Gasteiger partial charge in [-0.1, -0.05) is 30.3 Å². The highest BCUT2D eigenvalue weighted by molar-refractivity contribution is 5.79. The largest absolute Gasteiger partial charge is 0.416 e. The second-order valence-corrected chi connectivity index (χ2v) is 6.13. The maximum Gasteiger partial charge on any atom is 0.416 e. The highest BCUT2D eigenvalue weighted by Gasteiger charge is 2.36. The van der Waals surface area contributed by atoms with Crippen LogP contribution < -0.4 is 10.2 Å². The van der Waals surface area contributed by atoms with E-state index in [2.05, 4.69) is 5.32 Å². The van der Waals surface area contributed by atoms with Crippen molar-refractivity contribution >= 4 is 17.3 Å². The molecule has 142 valence electrons. The number of rotatable bonds is 3. The third kappa shape index (κ3) is 4.02. The van der Waals surface area contributed by atoms with E-state index in [1.165, 1.54) is 0 Å². The zero-order valence-corrected chi connectivity index (χ0v) is 14.1. The number of nitro benzene ring substituents is 1. The summed E-state index contributed by atoms with van der Waals surface area (Å²) in [6.07, 6.45) is -4.64. The van der Waals surface area contributed by atoms with E-state index < -0.39 is 28.4 Å². The Labute approximate surface area is 152 Å². The molecule has 0 radical (unpaired) electrons. The van der Waals surface area contributed by atoms with Crippen molar-refractivity contribution in [1.29, 1.82) is 0 Å². The molecule has 1 amide bonds. The van der Waals surface area contributed by atoms with Crippen LogP contribution in [0, 0.1) is 10.1 Å². The van der Waals surface area contributed by atoms with Crippen LogP contribution in [0.1, 0.15) is 23.6 Å². The Morgan fingerprint density at radius 1 is 1.15 bits per heavy atom. The number of nitrogens with zero attached hydrogens (tertiary/aromatic N) is 2. The van der Waals surface area contributed by atoms with Crippen LogP contribution in [0.15, 0.2) is 48.5 Å². The van der Waals surface area contributed by atoms with Gasteiger partial charge in [-0.05, 0) is 17.7 Å². The summed E-state index contributed by atoms with van der Waals surface area (Å²) in [5.41, 5.74) is -0.916. The number of halogens is 3. The number of benzene rings is 2. The van der Waals surface area contributed by atoms with Crippen molar-refractivity contribution in [2.24, 2.45) is 0 Å². The minimum atomic E-state index is -4.68. The first-order valence-corrected chi connectivity index (χ1v) is 8.21. The lowest BCUT2D eigenvalue weighted by Gasteiger charge is -2.31. The summed E-state index contributed by atoms with van der Waals surface area (Å²) in [5, 5.41) is 14.2. The fourth-order valence-electron chi connectivity index (χ4n) is 3.18. The van der Waals surface area contributed by atoms with Crippen LogP contribution in [0.3, 0.4) is 0 Å². The molecule has 1 atom stereocenters. The molecule has 0 saturated carbocycles. The Hall–Kier alpha value is -3.10. The summed E-state index contributed by atoms with van der Waals surface area (Å²) >= 11 is 0. The van der Waals surface area contributed by atoms with E-state index in [0.29, 0.717) is 6.07 Å². The zero-order chi connectivity index (χ0) is 19.6. The van der Waals surface area contributed by atoms with Gasteiger partial charge in [0.2, 0.25) is 5.91 Å². The molecule has 0 spiro atoms. The molecule has 27 heavy (non-hydrogen) atoms. The second-order valence-electron chi connectivity index (χ2n) is 6.13. The molecule has 0 aliphatic carbocycles. The first kappa shape index (κ1) is 18.7. The van der Waals surface area contributed by atoms with Crippen molar-refractivity contribution in [3.05, 3.63) is 69.8 Å². The molecule has 3 rings (SSSR count). The predicted molar refractivity (Wildman–Crippen MR) is 92.3 cm³/mol. The van der Waals surface area contributed by atoms with Crippen molar-refractivity contribution in [3.8, 4) is 0 Å². The molecule has 6 nitrogen and oxygen atoms in total. The van der Waals surface area contributed by atoms with E-state index in [1.54, 1.807) is 35.2 Å². The Morgan fingerprint density at radius 2 is 1.85 bits per heavy atom. The Kier molecular flexibility index (Phi) is 5.02. The molecule has 1 aliphatic rings. The summed E-state index contributed by atoms with van der Waals surface area (Å²) in [6.45, 7) is 0.470. The summed E-state index contributed by atoms with van der Waals surface area (Å²) in [5.74, 6) is -0.221. The number of hydrogen-bond donors (Lipinski definition) is 1. The fraction of sp³-hybridized carbons (Fsp3) is 0.278. The molecular formula is C18H16F3N3O3. The standard InChI is InChI=1S/C18H16F3N3O3/c19-18(20,21)13-6-7-14(16(10-13)24(26)27)23-9-8-22-17(25)11-15(23)12-4-2-1-3-5-12/h1-7,10,15H,8-9,11H2,(H,22,25). The molecule has 1 aliphatic heterocycles. The maximum atomic E-state index is 13.0. The fourth-order valence-corrected chi connectivity index (χ4v) is 3.18. The minimum Gasteiger partial charge on any atom is -0.357 e. The number of nitrogens with one attached hydrogen (secondary N) is 1. The molecule has 9 heteroatoms. The van der Waals surface area contributed by atoms with Crippen molar-refractivity contribution in [3.63, 3.8) is 0 Å². The van der Waals surface area contributed by atoms with Gasteiger partial charge in [0.25, 0.3) is 5.69 Å². The number of carbonyl (C=O) groups excluding carboxylic acids is 1. The molecule has 1 saturated heterocycles. The highest BCUT2D eigenvalue weighted by Crippen LogP contribution is 2.40. The first-order chi connectivity index (χ1) is 12.8. The number of alkyl halides is 3. The van der Waals surface area contributed by atoms with Crippen molar-refractivity contribution in [2.75, 3.05) is 18.0 Å². The van der Waals surface area contributed by atoms with E-state index in [1.807, 2.05) is 0 Å². The number of hydrogen-bond acceptors (Lipinski definition) is 4. The Balaban J connectivity index is 2.11. The summed E-state index contributed by atoms with van der Waals surface area (Å²) in [4.78, 5) is 24.3. The van der Waals surface area contributed by atoms with Gasteiger partial charge in [-0.3, -0.25) is 14.9 Å². The van der Waals surface area contributed by atoms with E-state index in [4.69, 9.17) is 0 Å². The molecule has 0 bridgehead atoms. The smallest absolute Gasteiger partial charge is 0.357 e. The number of anilines is 1. The van der Waals surface area contributed by atoms with Gasteiger partial charge < -0.3 is 10.2 Å². The molecule has 1 heterocycles. The molecule has 2 aromatic rings. The molecule has 1 unspecified atom stereocenters. The summed E-state index contributed by atoms with van der Waals surface area (Å²) < 4.78 is 38.9. The molecule has 1 N–H and O–H groups in total. The van der Waals surface area contributed by atoms with Gasteiger partial charge in [0.1, 0.15) is 5.69 Å². The van der Waals surface area contributed by atoms with Crippen molar-refractivity contribution in [2.45, 2.75) is 18.6 Å². The second kappa shape index (κ2) is 7.26. The Bertz CT molecular complexity index is 856. The van der Waals surface area contributed by atoms with Gasteiger partial charge in [-0.2, -0.15) is 13.2 Å². The first-order valence-electron chi connectivity index (χ1n) is 8.21. The van der Waals surface area contributed by atoms with E-state index >= 15 is 0 Å². The zero-order valence-electron chi connectivity index (χ0n) is 14.1. The molecule has 1 fully saturated rings. The normalized spacial score (nSPS) is 18.0. The summed E-state index contributed by atoms with van der Waals surface area (Å²) in [7, 11) is 0. The number of amides is 1. The van der Waals surface area contributed by atoms with Gasteiger partial charge >= 0.3 is 6.18 Å². The lowest BCUT2D eigenvalue weighted by Crippen LogP contribution is -2.31. The Morgan fingerprint density at radius 3 is 2.48 bits per heavy atom. The lowest BCUT2D eigenvalue weighted by molar-refractivity contribution is -0.384. The SMILES string of the molecule is O=C1CC(c2ccccc2)N(c2ccc(C(F)(F)F)cc2[N+](=O)[O-])CCN1. The van der Waals surface area contributed by atoms with Crippen LogP contribution in [-0.2, 0) is 11.0 Å². The number of nitro groups is 1. The van der Waals surface area contributed by atoms with Gasteiger partial charge in [-0.25, -0.2) is 0 Å². The minimum absolute atomic E-state index is 0.0438. The van der Waals surface area contributed by atoms with Crippen LogP contribution in [0.25, 0.3) is 0 Å².